The SMILES string of the molecule is O=CC1(N2Cc3c(OCc4cn(Cc5ccnc6ccccc56)nn4)cccc3C2=O)CCC(=O)NC1. The molecular formula is C27H24N6O4. The molecule has 0 bridgehead atoms. The molecule has 4 heterocycles. The summed E-state index contributed by atoms with van der Waals surface area (Å²) >= 11 is 0. The van der Waals surface area contributed by atoms with Crippen LogP contribution in [-0.2, 0) is 29.3 Å². The zero-order valence-electron chi connectivity index (χ0n) is 20.0. The van der Waals surface area contributed by atoms with Crippen molar-refractivity contribution >= 4 is 29.0 Å². The first-order chi connectivity index (χ1) is 18.1. The Labute approximate surface area is 212 Å². The Kier molecular flexibility index (Phi) is 5.63. The molecule has 0 aliphatic carbocycles. The summed E-state index contributed by atoms with van der Waals surface area (Å²) in [5, 5.41) is 12.3. The van der Waals surface area contributed by atoms with Gasteiger partial charge in [0.1, 0.15) is 29.9 Å². The van der Waals surface area contributed by atoms with Crippen LogP contribution in [0, 0.1) is 0 Å². The van der Waals surface area contributed by atoms with Gasteiger partial charge in [0.05, 0.1) is 24.8 Å². The minimum atomic E-state index is -1.05. The molecule has 4 aromatic rings. The highest BCUT2D eigenvalue weighted by Gasteiger charge is 2.46. The third-order valence-electron chi connectivity index (χ3n) is 7.09. The smallest absolute Gasteiger partial charge is 0.255 e. The number of benzene rings is 2. The average molecular weight is 497 g/mol. The van der Waals surface area contributed by atoms with Crippen molar-refractivity contribution in [2.75, 3.05) is 6.54 Å². The number of aldehydes is 1. The molecule has 10 heteroatoms. The number of rotatable bonds is 7. The Morgan fingerprint density at radius 1 is 1.11 bits per heavy atom. The number of nitrogens with one attached hydrogen (secondary N) is 1. The lowest BCUT2D eigenvalue weighted by Gasteiger charge is -2.40. The standard InChI is InChI=1S/C27H24N6O4/c34-17-27(10-8-25(35)29-16-27)33-14-22-21(26(33)36)5-3-7-24(22)37-15-19-13-32(31-30-19)12-18-9-11-28-23-6-2-1-4-20(18)23/h1-7,9,11,13,17H,8,10,12,14-16H2,(H,29,35). The van der Waals surface area contributed by atoms with Crippen LogP contribution in [0.3, 0.4) is 0 Å². The molecule has 0 spiro atoms. The van der Waals surface area contributed by atoms with Crippen LogP contribution in [0.5, 0.6) is 5.75 Å². The molecule has 37 heavy (non-hydrogen) atoms. The van der Waals surface area contributed by atoms with Gasteiger partial charge in [-0.2, -0.15) is 0 Å². The molecule has 0 radical (unpaired) electrons. The van der Waals surface area contributed by atoms with Gasteiger partial charge in [-0.05, 0) is 36.2 Å². The fraction of sp³-hybridized carbons (Fsp3) is 0.259. The number of nitrogens with zero attached hydrogens (tertiary/aromatic N) is 5. The van der Waals surface area contributed by atoms with E-state index < -0.39 is 5.54 Å². The predicted molar refractivity (Wildman–Crippen MR) is 133 cm³/mol. The number of amides is 2. The second-order valence-electron chi connectivity index (χ2n) is 9.36. The molecule has 2 amide bonds. The quantitative estimate of drug-likeness (QED) is 0.390. The van der Waals surface area contributed by atoms with Gasteiger partial charge in [0, 0.05) is 35.7 Å². The monoisotopic (exact) mass is 496 g/mol. The van der Waals surface area contributed by atoms with E-state index in [0.717, 1.165) is 28.3 Å². The molecule has 2 aliphatic heterocycles. The highest BCUT2D eigenvalue weighted by molar-refractivity contribution is 6.01. The summed E-state index contributed by atoms with van der Waals surface area (Å²) in [6, 6.07) is 15.2. The fourth-order valence-corrected chi connectivity index (χ4v) is 5.05. The summed E-state index contributed by atoms with van der Waals surface area (Å²) in [5.41, 5.74) is 2.84. The third-order valence-corrected chi connectivity index (χ3v) is 7.09. The van der Waals surface area contributed by atoms with Gasteiger partial charge in [0.25, 0.3) is 5.91 Å². The molecule has 2 aromatic heterocycles. The number of fused-ring (bicyclic) bond motifs is 2. The van der Waals surface area contributed by atoms with Crippen molar-refractivity contribution in [3.8, 4) is 5.75 Å². The number of pyridine rings is 1. The van der Waals surface area contributed by atoms with Gasteiger partial charge in [-0.25, -0.2) is 4.68 Å². The van der Waals surface area contributed by atoms with Crippen LogP contribution >= 0.6 is 0 Å². The summed E-state index contributed by atoms with van der Waals surface area (Å²) < 4.78 is 7.83. The summed E-state index contributed by atoms with van der Waals surface area (Å²) in [4.78, 5) is 42.9. The van der Waals surface area contributed by atoms with Gasteiger partial charge in [-0.15, -0.1) is 5.10 Å². The fourth-order valence-electron chi connectivity index (χ4n) is 5.05. The van der Waals surface area contributed by atoms with Crippen LogP contribution in [-0.4, -0.2) is 55.1 Å². The Balaban J connectivity index is 1.17. The van der Waals surface area contributed by atoms with Gasteiger partial charge in [-0.3, -0.25) is 14.6 Å². The molecule has 1 unspecified atom stereocenters. The topological polar surface area (TPSA) is 119 Å². The Bertz CT molecular complexity index is 1520. The van der Waals surface area contributed by atoms with Crippen molar-refractivity contribution in [2.24, 2.45) is 0 Å². The van der Waals surface area contributed by atoms with E-state index >= 15 is 0 Å². The molecular weight excluding hydrogens is 472 g/mol. The molecule has 1 atom stereocenters. The molecule has 1 saturated heterocycles. The number of ether oxygens (including phenoxy) is 1. The number of hydrogen-bond acceptors (Lipinski definition) is 7. The van der Waals surface area contributed by atoms with Crippen molar-refractivity contribution < 1.29 is 19.1 Å². The zero-order chi connectivity index (χ0) is 25.4. The van der Waals surface area contributed by atoms with E-state index in [9.17, 15) is 14.4 Å². The maximum absolute atomic E-state index is 13.2. The van der Waals surface area contributed by atoms with Crippen molar-refractivity contribution in [3.05, 3.63) is 83.3 Å². The predicted octanol–water partition coefficient (Wildman–Crippen LogP) is 2.26. The molecule has 1 fully saturated rings. The summed E-state index contributed by atoms with van der Waals surface area (Å²) in [5.74, 6) is 0.207. The minimum Gasteiger partial charge on any atom is -0.487 e. The van der Waals surface area contributed by atoms with Crippen molar-refractivity contribution in [3.63, 3.8) is 0 Å². The molecule has 2 aromatic carbocycles. The first-order valence-electron chi connectivity index (χ1n) is 12.1. The van der Waals surface area contributed by atoms with Gasteiger partial charge >= 0.3 is 0 Å². The van der Waals surface area contributed by atoms with Gasteiger partial charge in [0.2, 0.25) is 5.91 Å². The van der Waals surface area contributed by atoms with Crippen molar-refractivity contribution in [1.29, 1.82) is 0 Å². The number of para-hydroxylation sites is 1. The van der Waals surface area contributed by atoms with Gasteiger partial charge in [0.15, 0.2) is 0 Å². The number of hydrogen-bond donors (Lipinski definition) is 1. The maximum atomic E-state index is 13.2. The van der Waals surface area contributed by atoms with Gasteiger partial charge in [-0.1, -0.05) is 29.5 Å². The summed E-state index contributed by atoms with van der Waals surface area (Å²) in [6.07, 6.45) is 4.90. The number of carbonyl (C=O) groups excluding carboxylic acids is 3. The third kappa shape index (κ3) is 4.10. The Morgan fingerprint density at radius 3 is 2.84 bits per heavy atom. The molecule has 1 N–H and O–H groups in total. The van der Waals surface area contributed by atoms with E-state index in [4.69, 9.17) is 4.74 Å². The largest absolute Gasteiger partial charge is 0.487 e. The lowest BCUT2D eigenvalue weighted by atomic mass is 9.89. The van der Waals surface area contributed by atoms with E-state index in [-0.39, 0.29) is 37.9 Å². The van der Waals surface area contributed by atoms with E-state index in [1.807, 2.05) is 36.5 Å². The first-order valence-corrected chi connectivity index (χ1v) is 12.1. The van der Waals surface area contributed by atoms with E-state index in [1.54, 1.807) is 34.0 Å². The molecule has 2 aliphatic rings. The summed E-state index contributed by atoms with van der Waals surface area (Å²) in [6.45, 7) is 1.07. The van der Waals surface area contributed by atoms with Crippen LogP contribution < -0.4 is 10.1 Å². The lowest BCUT2D eigenvalue weighted by Crippen LogP contribution is -2.60. The van der Waals surface area contributed by atoms with Crippen LogP contribution in [0.15, 0.2) is 60.9 Å². The normalized spacial score (nSPS) is 19.1. The molecule has 10 nitrogen and oxygen atoms in total. The van der Waals surface area contributed by atoms with Gasteiger partial charge < -0.3 is 19.7 Å². The molecule has 0 saturated carbocycles. The zero-order valence-corrected chi connectivity index (χ0v) is 20.0. The average Bonchev–Trinajstić information content (AvgIpc) is 3.53. The summed E-state index contributed by atoms with van der Waals surface area (Å²) in [7, 11) is 0. The highest BCUT2D eigenvalue weighted by atomic mass is 16.5. The lowest BCUT2D eigenvalue weighted by molar-refractivity contribution is -0.128. The Hall–Kier alpha value is -4.60. The van der Waals surface area contributed by atoms with Crippen LogP contribution in [0.2, 0.25) is 0 Å². The minimum absolute atomic E-state index is 0.112. The molecule has 186 valence electrons. The van der Waals surface area contributed by atoms with E-state index in [0.29, 0.717) is 30.0 Å². The second kappa shape index (κ2) is 9.12. The first kappa shape index (κ1) is 22.8. The second-order valence-corrected chi connectivity index (χ2v) is 9.36. The highest BCUT2D eigenvalue weighted by Crippen LogP contribution is 2.37. The van der Waals surface area contributed by atoms with E-state index in [2.05, 4.69) is 20.6 Å². The van der Waals surface area contributed by atoms with Crippen molar-refractivity contribution in [2.45, 2.75) is 38.1 Å². The Morgan fingerprint density at radius 2 is 2.00 bits per heavy atom. The number of aromatic nitrogens is 4. The number of piperidine rings is 1. The van der Waals surface area contributed by atoms with Crippen LogP contribution in [0.1, 0.15) is 40.0 Å². The van der Waals surface area contributed by atoms with Crippen LogP contribution in [0.4, 0.5) is 0 Å². The molecule has 6 rings (SSSR count). The van der Waals surface area contributed by atoms with Crippen molar-refractivity contribution in [1.82, 2.24) is 30.2 Å². The van der Waals surface area contributed by atoms with E-state index in [1.165, 1.54) is 0 Å². The van der Waals surface area contributed by atoms with Crippen LogP contribution in [0.25, 0.3) is 10.9 Å². The maximum Gasteiger partial charge on any atom is 0.255 e. The number of carbonyl (C=O) groups is 3.